The zero-order chi connectivity index (χ0) is 17.9. The number of hydrogen-bond donors (Lipinski definition) is 1. The number of aliphatic carboxylic acids is 1. The molecule has 132 valence electrons. The van der Waals surface area contributed by atoms with E-state index in [-0.39, 0.29) is 12.5 Å². The highest BCUT2D eigenvalue weighted by Crippen LogP contribution is 2.31. The molecule has 0 spiro atoms. The van der Waals surface area contributed by atoms with Gasteiger partial charge in [-0.1, -0.05) is 36.4 Å². The molecule has 1 aliphatic carbocycles. The van der Waals surface area contributed by atoms with Crippen LogP contribution in [0.1, 0.15) is 37.0 Å². The van der Waals surface area contributed by atoms with Crippen LogP contribution in [0, 0.1) is 0 Å². The minimum absolute atomic E-state index is 0.0705. The first-order valence-corrected chi connectivity index (χ1v) is 8.70. The highest BCUT2D eigenvalue weighted by Gasteiger charge is 2.30. The van der Waals surface area contributed by atoms with Gasteiger partial charge in [-0.3, -0.25) is 4.79 Å². The molecule has 1 aliphatic rings. The van der Waals surface area contributed by atoms with Crippen molar-refractivity contribution in [2.45, 2.75) is 44.8 Å². The lowest BCUT2D eigenvalue weighted by atomic mass is 9.92. The van der Waals surface area contributed by atoms with Gasteiger partial charge >= 0.3 is 5.97 Å². The molecule has 3 rings (SSSR count). The summed E-state index contributed by atoms with van der Waals surface area (Å²) in [4.78, 5) is 11.2. The molecular weight excluding hydrogens is 316 g/mol. The Morgan fingerprint density at radius 3 is 2.24 bits per heavy atom. The molecule has 25 heavy (non-hydrogen) atoms. The van der Waals surface area contributed by atoms with E-state index >= 15 is 0 Å². The van der Waals surface area contributed by atoms with E-state index in [1.54, 1.807) is 0 Å². The molecule has 0 heterocycles. The van der Waals surface area contributed by atoms with Crippen molar-refractivity contribution in [3.05, 3.63) is 65.2 Å². The van der Waals surface area contributed by atoms with Crippen LogP contribution in [0.2, 0.25) is 0 Å². The van der Waals surface area contributed by atoms with E-state index in [1.807, 2.05) is 38.1 Å². The van der Waals surface area contributed by atoms with Gasteiger partial charge < -0.3 is 14.6 Å². The Morgan fingerprint density at radius 2 is 1.72 bits per heavy atom. The Labute approximate surface area is 148 Å². The van der Waals surface area contributed by atoms with Gasteiger partial charge in [0.25, 0.3) is 0 Å². The number of carboxylic acid groups (broad SMARTS) is 1. The minimum atomic E-state index is -0.875. The van der Waals surface area contributed by atoms with Crippen molar-refractivity contribution >= 4 is 5.97 Å². The topological polar surface area (TPSA) is 55.8 Å². The van der Waals surface area contributed by atoms with Gasteiger partial charge in [0.15, 0.2) is 0 Å². The monoisotopic (exact) mass is 340 g/mol. The van der Waals surface area contributed by atoms with Crippen LogP contribution in [-0.2, 0) is 28.0 Å². The second-order valence-electron chi connectivity index (χ2n) is 6.68. The minimum Gasteiger partial charge on any atom is -0.490 e. The summed E-state index contributed by atoms with van der Waals surface area (Å²) in [5.74, 6) is -0.0734. The van der Waals surface area contributed by atoms with Crippen LogP contribution in [0.3, 0.4) is 0 Å². The largest absolute Gasteiger partial charge is 0.490 e. The first-order valence-electron chi connectivity index (χ1n) is 8.70. The summed E-state index contributed by atoms with van der Waals surface area (Å²) in [5, 5.41) is 9.16. The Kier molecular flexibility index (Phi) is 5.09. The van der Waals surface area contributed by atoms with E-state index in [9.17, 15) is 4.79 Å². The third kappa shape index (κ3) is 4.02. The van der Waals surface area contributed by atoms with E-state index in [4.69, 9.17) is 14.6 Å². The summed E-state index contributed by atoms with van der Waals surface area (Å²) >= 11 is 0. The van der Waals surface area contributed by atoms with Crippen LogP contribution >= 0.6 is 0 Å². The number of ether oxygens (including phenoxy) is 2. The van der Waals surface area contributed by atoms with E-state index in [1.165, 1.54) is 11.1 Å². The molecule has 0 aromatic heterocycles. The molecule has 1 atom stereocenters. The first-order chi connectivity index (χ1) is 12.0. The number of rotatable bonds is 7. The van der Waals surface area contributed by atoms with Gasteiger partial charge in [-0.15, -0.1) is 0 Å². The quantitative estimate of drug-likeness (QED) is 0.829. The van der Waals surface area contributed by atoms with Crippen LogP contribution < -0.4 is 4.74 Å². The zero-order valence-corrected chi connectivity index (χ0v) is 14.7. The van der Waals surface area contributed by atoms with Crippen molar-refractivity contribution in [1.29, 1.82) is 0 Å². The maximum atomic E-state index is 11.2. The lowest BCUT2D eigenvalue weighted by Gasteiger charge is -2.28. The summed E-state index contributed by atoms with van der Waals surface area (Å²) in [6.45, 7) is 4.14. The SMILES string of the molecule is CCO[C@@](C)(CC(=O)O)c1ccc(OC2Cc3ccccc3C2)cc1. The molecule has 0 radical (unpaired) electrons. The van der Waals surface area contributed by atoms with Crippen molar-refractivity contribution in [2.24, 2.45) is 0 Å². The molecule has 1 N–H and O–H groups in total. The lowest BCUT2D eigenvalue weighted by molar-refractivity contribution is -0.145. The second kappa shape index (κ2) is 7.28. The highest BCUT2D eigenvalue weighted by molar-refractivity contribution is 5.68. The van der Waals surface area contributed by atoms with Gasteiger partial charge in [0.05, 0.1) is 6.42 Å². The predicted octanol–water partition coefficient (Wildman–Crippen LogP) is 3.96. The summed E-state index contributed by atoms with van der Waals surface area (Å²) in [5.41, 5.74) is 2.73. The summed E-state index contributed by atoms with van der Waals surface area (Å²) < 4.78 is 11.8. The van der Waals surface area contributed by atoms with Gasteiger partial charge in [-0.2, -0.15) is 0 Å². The third-order valence-electron chi connectivity index (χ3n) is 4.73. The predicted molar refractivity (Wildman–Crippen MR) is 95.9 cm³/mol. The Bertz CT molecular complexity index is 713. The first kappa shape index (κ1) is 17.5. The molecule has 4 nitrogen and oxygen atoms in total. The number of carbonyl (C=O) groups is 1. The second-order valence-corrected chi connectivity index (χ2v) is 6.68. The molecule has 0 fully saturated rings. The van der Waals surface area contributed by atoms with Crippen LogP contribution in [0.15, 0.2) is 48.5 Å². The maximum absolute atomic E-state index is 11.2. The summed E-state index contributed by atoms with van der Waals surface area (Å²) in [7, 11) is 0. The molecule has 2 aromatic carbocycles. The van der Waals surface area contributed by atoms with Crippen LogP contribution in [0.25, 0.3) is 0 Å². The Balaban J connectivity index is 1.69. The zero-order valence-electron chi connectivity index (χ0n) is 14.7. The van der Waals surface area contributed by atoms with Crippen LogP contribution in [0.4, 0.5) is 0 Å². The van der Waals surface area contributed by atoms with Crippen molar-refractivity contribution in [1.82, 2.24) is 0 Å². The number of benzene rings is 2. The van der Waals surface area contributed by atoms with Gasteiger partial charge in [0.2, 0.25) is 0 Å². The Hall–Kier alpha value is -2.33. The molecule has 4 heteroatoms. The molecule has 0 unspecified atom stereocenters. The fourth-order valence-corrected chi connectivity index (χ4v) is 3.52. The summed E-state index contributed by atoms with van der Waals surface area (Å²) in [6.07, 6.45) is 1.93. The number of carboxylic acids is 1. The average Bonchev–Trinajstić information content (AvgIpc) is 2.97. The van der Waals surface area contributed by atoms with Gasteiger partial charge in [0.1, 0.15) is 17.5 Å². The van der Waals surface area contributed by atoms with Gasteiger partial charge in [-0.05, 0) is 42.7 Å². The molecular formula is C21H24O4. The van der Waals surface area contributed by atoms with Gasteiger partial charge in [0, 0.05) is 19.4 Å². The van der Waals surface area contributed by atoms with E-state index in [2.05, 4.69) is 24.3 Å². The Morgan fingerprint density at radius 1 is 1.12 bits per heavy atom. The normalized spacial score (nSPS) is 16.2. The van der Waals surface area contributed by atoms with Gasteiger partial charge in [-0.25, -0.2) is 0 Å². The molecule has 0 aliphatic heterocycles. The van der Waals surface area contributed by atoms with Crippen LogP contribution in [0.5, 0.6) is 5.75 Å². The van der Waals surface area contributed by atoms with Crippen molar-refractivity contribution in [3.63, 3.8) is 0 Å². The van der Waals surface area contributed by atoms with E-state index in [0.717, 1.165) is 24.2 Å². The van der Waals surface area contributed by atoms with E-state index in [0.29, 0.717) is 6.61 Å². The summed E-state index contributed by atoms with van der Waals surface area (Å²) in [6, 6.07) is 16.0. The lowest BCUT2D eigenvalue weighted by Crippen LogP contribution is -2.29. The molecule has 0 saturated heterocycles. The van der Waals surface area contributed by atoms with Crippen molar-refractivity contribution < 1.29 is 19.4 Å². The fourth-order valence-electron chi connectivity index (χ4n) is 3.52. The third-order valence-corrected chi connectivity index (χ3v) is 4.73. The average molecular weight is 340 g/mol. The standard InChI is InChI=1S/C21H24O4/c1-3-24-21(2,14-20(22)23)17-8-10-18(11-9-17)25-19-12-15-6-4-5-7-16(15)13-19/h4-11,19H,3,12-14H2,1-2H3,(H,22,23)/t21-/m0/s1. The molecule has 0 bridgehead atoms. The number of fused-ring (bicyclic) bond motifs is 1. The van der Waals surface area contributed by atoms with E-state index < -0.39 is 11.6 Å². The fraction of sp³-hybridized carbons (Fsp3) is 0.381. The number of hydrogen-bond acceptors (Lipinski definition) is 3. The molecule has 0 amide bonds. The van der Waals surface area contributed by atoms with Crippen molar-refractivity contribution in [3.8, 4) is 5.75 Å². The van der Waals surface area contributed by atoms with Crippen molar-refractivity contribution in [2.75, 3.05) is 6.61 Å². The maximum Gasteiger partial charge on any atom is 0.306 e. The highest BCUT2D eigenvalue weighted by atomic mass is 16.5. The molecule has 0 saturated carbocycles. The van der Waals surface area contributed by atoms with Crippen LogP contribution in [-0.4, -0.2) is 23.8 Å². The smallest absolute Gasteiger partial charge is 0.306 e. The molecule has 2 aromatic rings.